The number of hydrogen-bond acceptors (Lipinski definition) is 3. The number of carbonyl (C=O) groups is 1. The Balaban J connectivity index is 2.63. The Labute approximate surface area is 101 Å². The maximum atomic E-state index is 11.6. The summed E-state index contributed by atoms with van der Waals surface area (Å²) in [7, 11) is 0. The number of ether oxygens (including phenoxy) is 1. The van der Waals surface area contributed by atoms with Gasteiger partial charge in [0, 0.05) is 5.70 Å². The summed E-state index contributed by atoms with van der Waals surface area (Å²) >= 11 is 0. The normalized spacial score (nSPS) is 10.2. The van der Waals surface area contributed by atoms with Crippen LogP contribution in [0.4, 0.5) is 0 Å². The Kier molecular flexibility index (Phi) is 4.40. The Morgan fingerprint density at radius 1 is 1.29 bits per heavy atom. The zero-order valence-corrected chi connectivity index (χ0v) is 10.1. The summed E-state index contributed by atoms with van der Waals surface area (Å²) in [4.78, 5) is 15.5. The van der Waals surface area contributed by atoms with Gasteiger partial charge in [-0.3, -0.25) is 4.99 Å². The molecule has 0 amide bonds. The van der Waals surface area contributed by atoms with E-state index in [9.17, 15) is 4.79 Å². The van der Waals surface area contributed by atoms with Gasteiger partial charge in [-0.05, 0) is 26.0 Å². The highest BCUT2D eigenvalue weighted by Crippen LogP contribution is 2.06. The lowest BCUT2D eigenvalue weighted by Crippen LogP contribution is -2.05. The topological polar surface area (TPSA) is 38.7 Å². The smallest absolute Gasteiger partial charge is 0.343 e. The molecule has 0 saturated heterocycles. The number of aryl methyl sites for hydroxylation is 1. The van der Waals surface area contributed by atoms with Crippen molar-refractivity contribution in [1.82, 2.24) is 0 Å². The summed E-state index contributed by atoms with van der Waals surface area (Å²) in [5.74, 6) is -0.248. The Morgan fingerprint density at radius 2 is 1.88 bits per heavy atom. The lowest BCUT2D eigenvalue weighted by Gasteiger charge is -2.03. The van der Waals surface area contributed by atoms with Gasteiger partial charge in [-0.1, -0.05) is 30.9 Å². The van der Waals surface area contributed by atoms with Gasteiger partial charge in [-0.25, -0.2) is 4.79 Å². The van der Waals surface area contributed by atoms with Crippen LogP contribution in [-0.4, -0.2) is 12.2 Å². The van der Waals surface area contributed by atoms with Gasteiger partial charge < -0.3 is 4.74 Å². The molecule has 0 N–H and O–H groups in total. The zero-order chi connectivity index (χ0) is 12.8. The molecular formula is C14H15NO2. The molecule has 0 heterocycles. The number of carbonyl (C=O) groups excluding carboxylic acids is 1. The van der Waals surface area contributed by atoms with Crippen LogP contribution >= 0.6 is 0 Å². The summed E-state index contributed by atoms with van der Waals surface area (Å²) in [6, 6.07) is 7.12. The van der Waals surface area contributed by atoms with Crippen molar-refractivity contribution >= 4 is 12.2 Å². The predicted octanol–water partition coefficient (Wildman–Crippen LogP) is 3.27. The lowest BCUT2D eigenvalue weighted by atomic mass is 10.1. The van der Waals surface area contributed by atoms with E-state index in [0.717, 1.165) is 5.56 Å². The third-order valence-corrected chi connectivity index (χ3v) is 1.94. The molecule has 0 saturated carbocycles. The molecule has 0 aliphatic rings. The fraction of sp³-hybridized carbons (Fsp3) is 0.143. The van der Waals surface area contributed by atoms with Gasteiger partial charge >= 0.3 is 5.97 Å². The van der Waals surface area contributed by atoms with Crippen LogP contribution < -0.4 is 0 Å². The summed E-state index contributed by atoms with van der Waals surface area (Å²) in [5, 5.41) is 0. The van der Waals surface area contributed by atoms with Crippen molar-refractivity contribution in [1.29, 1.82) is 0 Å². The number of esters is 1. The van der Waals surface area contributed by atoms with Crippen LogP contribution in [0.5, 0.6) is 0 Å². The van der Waals surface area contributed by atoms with Gasteiger partial charge in [0.2, 0.25) is 0 Å². The van der Waals surface area contributed by atoms with Crippen molar-refractivity contribution in [2.45, 2.75) is 13.8 Å². The van der Waals surface area contributed by atoms with E-state index in [-0.39, 0.29) is 5.76 Å². The van der Waals surface area contributed by atoms with Crippen molar-refractivity contribution in [3.05, 3.63) is 60.0 Å². The summed E-state index contributed by atoms with van der Waals surface area (Å²) in [6.07, 6.45) is 1.37. The monoisotopic (exact) mass is 229 g/mol. The van der Waals surface area contributed by atoms with Gasteiger partial charge in [0.25, 0.3) is 0 Å². The van der Waals surface area contributed by atoms with Crippen LogP contribution in [-0.2, 0) is 4.74 Å². The van der Waals surface area contributed by atoms with Gasteiger partial charge in [-0.2, -0.15) is 0 Å². The summed E-state index contributed by atoms with van der Waals surface area (Å²) < 4.78 is 5.00. The predicted molar refractivity (Wildman–Crippen MR) is 69.0 cm³/mol. The zero-order valence-electron chi connectivity index (χ0n) is 10.1. The number of aliphatic imine (C=N–C) groups is 1. The number of benzene rings is 1. The molecule has 3 heteroatoms. The van der Waals surface area contributed by atoms with E-state index in [2.05, 4.69) is 18.2 Å². The van der Waals surface area contributed by atoms with Crippen molar-refractivity contribution in [2.75, 3.05) is 0 Å². The number of nitrogens with zero attached hydrogens (tertiary/aromatic N) is 1. The first-order chi connectivity index (χ1) is 7.99. The van der Waals surface area contributed by atoms with Gasteiger partial charge in [0.05, 0.1) is 11.8 Å². The SMILES string of the molecule is C=C(C)N=CC(=C)OC(=O)c1ccc(C)cc1. The number of rotatable bonds is 4. The molecule has 0 aromatic heterocycles. The molecule has 0 fully saturated rings. The Morgan fingerprint density at radius 3 is 2.41 bits per heavy atom. The third-order valence-electron chi connectivity index (χ3n) is 1.94. The molecule has 0 spiro atoms. The molecule has 0 bridgehead atoms. The van der Waals surface area contributed by atoms with Crippen LogP contribution in [0.15, 0.2) is 53.9 Å². The van der Waals surface area contributed by atoms with Gasteiger partial charge in [0.15, 0.2) is 0 Å². The average molecular weight is 229 g/mol. The van der Waals surface area contributed by atoms with Crippen LogP contribution in [0.1, 0.15) is 22.8 Å². The van der Waals surface area contributed by atoms with Crippen molar-refractivity contribution < 1.29 is 9.53 Å². The second-order valence-electron chi connectivity index (χ2n) is 3.72. The lowest BCUT2D eigenvalue weighted by molar-refractivity contribution is 0.0647. The van der Waals surface area contributed by atoms with E-state index in [4.69, 9.17) is 4.74 Å². The first-order valence-electron chi connectivity index (χ1n) is 5.16. The maximum absolute atomic E-state index is 11.6. The summed E-state index contributed by atoms with van der Waals surface area (Å²) in [6.45, 7) is 10.9. The van der Waals surface area contributed by atoms with Crippen molar-refractivity contribution in [2.24, 2.45) is 4.99 Å². The van der Waals surface area contributed by atoms with Crippen LogP contribution in [0.2, 0.25) is 0 Å². The Hall–Kier alpha value is -2.16. The van der Waals surface area contributed by atoms with Crippen LogP contribution in [0.25, 0.3) is 0 Å². The minimum absolute atomic E-state index is 0.193. The van der Waals surface area contributed by atoms with E-state index in [1.165, 1.54) is 6.21 Å². The molecule has 0 unspecified atom stereocenters. The molecule has 3 nitrogen and oxygen atoms in total. The maximum Gasteiger partial charge on any atom is 0.343 e. The first-order valence-corrected chi connectivity index (χ1v) is 5.16. The van der Waals surface area contributed by atoms with E-state index in [1.807, 2.05) is 19.1 Å². The molecule has 88 valence electrons. The third kappa shape index (κ3) is 4.47. The fourth-order valence-corrected chi connectivity index (χ4v) is 1.08. The van der Waals surface area contributed by atoms with E-state index in [1.54, 1.807) is 19.1 Å². The van der Waals surface area contributed by atoms with Gasteiger partial charge in [-0.15, -0.1) is 0 Å². The highest BCUT2D eigenvalue weighted by molar-refractivity contribution is 5.92. The molecule has 0 radical (unpaired) electrons. The average Bonchev–Trinajstić information content (AvgIpc) is 2.27. The summed E-state index contributed by atoms with van der Waals surface area (Å²) in [5.41, 5.74) is 2.20. The Bertz CT molecular complexity index is 470. The minimum atomic E-state index is -0.442. The molecule has 1 rings (SSSR count). The second-order valence-corrected chi connectivity index (χ2v) is 3.72. The highest BCUT2D eigenvalue weighted by Gasteiger charge is 2.07. The molecule has 17 heavy (non-hydrogen) atoms. The molecular weight excluding hydrogens is 214 g/mol. The van der Waals surface area contributed by atoms with E-state index < -0.39 is 5.97 Å². The van der Waals surface area contributed by atoms with Crippen molar-refractivity contribution in [3.63, 3.8) is 0 Å². The number of hydrogen-bond donors (Lipinski definition) is 0. The van der Waals surface area contributed by atoms with Crippen molar-refractivity contribution in [3.8, 4) is 0 Å². The number of allylic oxidation sites excluding steroid dienone is 2. The molecule has 1 aromatic carbocycles. The highest BCUT2D eigenvalue weighted by atomic mass is 16.5. The van der Waals surface area contributed by atoms with Crippen LogP contribution in [0, 0.1) is 6.92 Å². The van der Waals surface area contributed by atoms with Crippen LogP contribution in [0.3, 0.4) is 0 Å². The van der Waals surface area contributed by atoms with E-state index >= 15 is 0 Å². The molecule has 0 aliphatic carbocycles. The molecule has 0 atom stereocenters. The van der Waals surface area contributed by atoms with Gasteiger partial charge in [0.1, 0.15) is 5.76 Å². The standard InChI is InChI=1S/C14H15NO2/c1-10(2)15-9-12(4)17-14(16)13-7-5-11(3)6-8-13/h5-9H,1,4H2,2-3H3. The first kappa shape index (κ1) is 12.9. The molecule has 1 aromatic rings. The quantitative estimate of drug-likeness (QED) is 0.451. The fourth-order valence-electron chi connectivity index (χ4n) is 1.08. The minimum Gasteiger partial charge on any atom is -0.422 e. The second kappa shape index (κ2) is 5.80. The van der Waals surface area contributed by atoms with E-state index in [0.29, 0.717) is 11.3 Å². The largest absolute Gasteiger partial charge is 0.422 e. The molecule has 0 aliphatic heterocycles.